The maximum atomic E-state index is 11.9. The number of aliphatic hydroxyl groups is 1. The summed E-state index contributed by atoms with van der Waals surface area (Å²) in [4.78, 5) is 22.3. The Morgan fingerprint density at radius 3 is 2.65 bits per heavy atom. The fourth-order valence-electron chi connectivity index (χ4n) is 1.98. The number of amides is 1. The van der Waals surface area contributed by atoms with E-state index in [1.807, 2.05) is 6.92 Å². The van der Waals surface area contributed by atoms with E-state index in [0.29, 0.717) is 18.5 Å². The van der Waals surface area contributed by atoms with Crippen LogP contribution in [-0.4, -0.2) is 28.6 Å². The van der Waals surface area contributed by atoms with Crippen LogP contribution in [0.25, 0.3) is 0 Å². The molecule has 0 heterocycles. The Labute approximate surface area is 118 Å². The van der Waals surface area contributed by atoms with Gasteiger partial charge in [-0.1, -0.05) is 13.0 Å². The monoisotopic (exact) mass is 280 g/mol. The number of nitrogens with one attached hydrogen (secondary N) is 1. The number of aliphatic hydroxyl groups excluding tert-OH is 1. The minimum atomic E-state index is -0.498. The second-order valence-electron chi connectivity index (χ2n) is 5.16. The van der Waals surface area contributed by atoms with Crippen LogP contribution in [0, 0.1) is 23.0 Å². The Morgan fingerprint density at radius 1 is 1.45 bits per heavy atom. The standard InChI is InChI=1S/C14H20N2O4/c1-9(6-11(3)17)8-15-14(18)12-5-4-10(2)13(7-12)16(19)20/h4-5,7,9,11,17H,6,8H2,1-3H3,(H,15,18). The highest BCUT2D eigenvalue weighted by Gasteiger charge is 2.15. The smallest absolute Gasteiger partial charge is 0.273 e. The average molecular weight is 280 g/mol. The maximum absolute atomic E-state index is 11.9. The number of hydrogen-bond donors (Lipinski definition) is 2. The lowest BCUT2D eigenvalue weighted by atomic mass is 10.0. The molecule has 0 fully saturated rings. The lowest BCUT2D eigenvalue weighted by Crippen LogP contribution is -2.29. The van der Waals surface area contributed by atoms with E-state index < -0.39 is 11.0 Å². The van der Waals surface area contributed by atoms with Gasteiger partial charge in [0.2, 0.25) is 0 Å². The number of nitro groups is 1. The fourth-order valence-corrected chi connectivity index (χ4v) is 1.98. The highest BCUT2D eigenvalue weighted by atomic mass is 16.6. The van der Waals surface area contributed by atoms with Gasteiger partial charge in [0.15, 0.2) is 0 Å². The van der Waals surface area contributed by atoms with Crippen molar-refractivity contribution in [3.63, 3.8) is 0 Å². The van der Waals surface area contributed by atoms with Crippen molar-refractivity contribution in [2.24, 2.45) is 5.92 Å². The molecule has 0 aliphatic carbocycles. The topological polar surface area (TPSA) is 92.5 Å². The van der Waals surface area contributed by atoms with Gasteiger partial charge >= 0.3 is 0 Å². The first-order chi connectivity index (χ1) is 9.31. The van der Waals surface area contributed by atoms with E-state index in [1.165, 1.54) is 6.07 Å². The number of benzene rings is 1. The molecule has 0 bridgehead atoms. The van der Waals surface area contributed by atoms with Crippen molar-refractivity contribution in [3.05, 3.63) is 39.4 Å². The first-order valence-corrected chi connectivity index (χ1v) is 6.52. The van der Waals surface area contributed by atoms with Gasteiger partial charge in [0, 0.05) is 23.7 Å². The highest BCUT2D eigenvalue weighted by molar-refractivity contribution is 5.94. The molecule has 0 aromatic heterocycles. The lowest BCUT2D eigenvalue weighted by Gasteiger charge is -2.14. The highest BCUT2D eigenvalue weighted by Crippen LogP contribution is 2.19. The molecule has 1 aromatic rings. The van der Waals surface area contributed by atoms with Gasteiger partial charge in [-0.25, -0.2) is 0 Å². The summed E-state index contributed by atoms with van der Waals surface area (Å²) in [6, 6.07) is 4.41. The third kappa shape index (κ3) is 4.62. The second kappa shape index (κ2) is 7.00. The van der Waals surface area contributed by atoms with Crippen molar-refractivity contribution in [1.29, 1.82) is 0 Å². The number of carbonyl (C=O) groups is 1. The number of carbonyl (C=O) groups excluding carboxylic acids is 1. The van der Waals surface area contributed by atoms with Gasteiger partial charge in [0.05, 0.1) is 11.0 Å². The SMILES string of the molecule is Cc1ccc(C(=O)NCC(C)CC(C)O)cc1[N+](=O)[O-]. The summed E-state index contributed by atoms with van der Waals surface area (Å²) in [7, 11) is 0. The van der Waals surface area contributed by atoms with Crippen LogP contribution < -0.4 is 5.32 Å². The van der Waals surface area contributed by atoms with Crippen LogP contribution >= 0.6 is 0 Å². The molecule has 2 atom stereocenters. The molecule has 2 unspecified atom stereocenters. The summed E-state index contributed by atoms with van der Waals surface area (Å²) >= 11 is 0. The Balaban J connectivity index is 2.69. The molecule has 0 aliphatic heterocycles. The van der Waals surface area contributed by atoms with Gasteiger partial charge in [-0.05, 0) is 32.3 Å². The summed E-state index contributed by atoms with van der Waals surface area (Å²) in [5.41, 5.74) is 0.732. The van der Waals surface area contributed by atoms with E-state index in [-0.39, 0.29) is 23.1 Å². The predicted molar refractivity (Wildman–Crippen MR) is 75.6 cm³/mol. The third-order valence-electron chi connectivity index (χ3n) is 3.02. The van der Waals surface area contributed by atoms with Crippen LogP contribution in [0.3, 0.4) is 0 Å². The normalized spacial score (nSPS) is 13.6. The molecule has 6 nitrogen and oxygen atoms in total. The van der Waals surface area contributed by atoms with Crippen LogP contribution in [0.1, 0.15) is 36.2 Å². The first-order valence-electron chi connectivity index (χ1n) is 6.52. The summed E-state index contributed by atoms with van der Waals surface area (Å²) in [5.74, 6) is -0.204. The number of hydrogen-bond acceptors (Lipinski definition) is 4. The van der Waals surface area contributed by atoms with Crippen LogP contribution in [0.2, 0.25) is 0 Å². The van der Waals surface area contributed by atoms with E-state index in [0.717, 1.165) is 0 Å². The molecular formula is C14H20N2O4. The van der Waals surface area contributed by atoms with Crippen molar-refractivity contribution >= 4 is 11.6 Å². The number of nitrogens with zero attached hydrogens (tertiary/aromatic N) is 1. The number of aryl methyl sites for hydroxylation is 1. The van der Waals surface area contributed by atoms with Gasteiger partial charge in [-0.3, -0.25) is 14.9 Å². The van der Waals surface area contributed by atoms with Gasteiger partial charge in [-0.2, -0.15) is 0 Å². The zero-order valence-corrected chi connectivity index (χ0v) is 11.9. The van der Waals surface area contributed by atoms with E-state index in [2.05, 4.69) is 5.32 Å². The van der Waals surface area contributed by atoms with Gasteiger partial charge < -0.3 is 10.4 Å². The Kier molecular flexibility index (Phi) is 5.64. The van der Waals surface area contributed by atoms with E-state index in [1.54, 1.807) is 26.0 Å². The predicted octanol–water partition coefficient (Wildman–Crippen LogP) is 2.04. The molecule has 6 heteroatoms. The minimum absolute atomic E-state index is 0.0605. The molecule has 0 aliphatic rings. The van der Waals surface area contributed by atoms with Crippen molar-refractivity contribution in [2.75, 3.05) is 6.54 Å². The quantitative estimate of drug-likeness (QED) is 0.616. The Bertz CT molecular complexity index is 500. The summed E-state index contributed by atoms with van der Waals surface area (Å²) in [5, 5.41) is 22.8. The summed E-state index contributed by atoms with van der Waals surface area (Å²) in [6.45, 7) is 5.67. The molecule has 110 valence electrons. The van der Waals surface area contributed by atoms with Crippen LogP contribution in [-0.2, 0) is 0 Å². The number of nitro benzene ring substituents is 1. The van der Waals surface area contributed by atoms with Gasteiger partial charge in [0.1, 0.15) is 0 Å². The van der Waals surface area contributed by atoms with E-state index in [9.17, 15) is 20.0 Å². The molecule has 1 rings (SSSR count). The second-order valence-corrected chi connectivity index (χ2v) is 5.16. The van der Waals surface area contributed by atoms with Gasteiger partial charge in [-0.15, -0.1) is 0 Å². The Hall–Kier alpha value is -1.95. The van der Waals surface area contributed by atoms with Crippen molar-refractivity contribution < 1.29 is 14.8 Å². The summed E-state index contributed by atoms with van der Waals surface area (Å²) < 4.78 is 0. The lowest BCUT2D eigenvalue weighted by molar-refractivity contribution is -0.385. The molecule has 0 radical (unpaired) electrons. The summed E-state index contributed by atoms with van der Waals surface area (Å²) in [6.07, 6.45) is 0.177. The Morgan fingerprint density at radius 2 is 2.10 bits per heavy atom. The molecular weight excluding hydrogens is 260 g/mol. The van der Waals surface area contributed by atoms with Gasteiger partial charge in [0.25, 0.3) is 11.6 Å². The zero-order valence-electron chi connectivity index (χ0n) is 11.9. The fraction of sp³-hybridized carbons (Fsp3) is 0.500. The zero-order chi connectivity index (χ0) is 15.3. The van der Waals surface area contributed by atoms with Crippen molar-refractivity contribution in [1.82, 2.24) is 5.32 Å². The third-order valence-corrected chi connectivity index (χ3v) is 3.02. The van der Waals surface area contributed by atoms with Crippen LogP contribution in [0.4, 0.5) is 5.69 Å². The first kappa shape index (κ1) is 16.1. The average Bonchev–Trinajstić information content (AvgIpc) is 2.35. The molecule has 20 heavy (non-hydrogen) atoms. The largest absolute Gasteiger partial charge is 0.393 e. The van der Waals surface area contributed by atoms with E-state index >= 15 is 0 Å². The molecule has 2 N–H and O–H groups in total. The van der Waals surface area contributed by atoms with Crippen LogP contribution in [0.15, 0.2) is 18.2 Å². The van der Waals surface area contributed by atoms with Crippen molar-refractivity contribution in [3.8, 4) is 0 Å². The number of rotatable bonds is 6. The van der Waals surface area contributed by atoms with Crippen LogP contribution in [0.5, 0.6) is 0 Å². The molecule has 0 spiro atoms. The molecule has 0 saturated carbocycles. The molecule has 1 aromatic carbocycles. The molecule has 0 saturated heterocycles. The van der Waals surface area contributed by atoms with Crippen molar-refractivity contribution in [2.45, 2.75) is 33.3 Å². The van der Waals surface area contributed by atoms with E-state index in [4.69, 9.17) is 0 Å². The maximum Gasteiger partial charge on any atom is 0.273 e. The minimum Gasteiger partial charge on any atom is -0.393 e. The molecule has 1 amide bonds.